The molecule has 100 valence electrons. The summed E-state index contributed by atoms with van der Waals surface area (Å²) in [6.45, 7) is 0.521. The Labute approximate surface area is 99.0 Å². The zero-order chi connectivity index (χ0) is 13.4. The summed E-state index contributed by atoms with van der Waals surface area (Å²) in [7, 11) is 0. The Morgan fingerprint density at radius 3 is 2.18 bits per heavy atom. The van der Waals surface area contributed by atoms with E-state index in [1.807, 2.05) is 0 Å². The Morgan fingerprint density at radius 1 is 1.18 bits per heavy atom. The van der Waals surface area contributed by atoms with Crippen molar-refractivity contribution < 1.29 is 30.3 Å². The first kappa shape index (κ1) is 16.0. The third-order valence-corrected chi connectivity index (χ3v) is 2.09. The molecule has 0 heterocycles. The average Bonchev–Trinajstić information content (AvgIpc) is 2.31. The minimum absolute atomic E-state index is 0.111. The molecule has 7 heteroatoms. The standard InChI is InChI=1S/C10H19NO6/c1-6(13)2-3-11-4-7(14)9(16)10(17)8(15)5-12/h2-3,7-12,14-17H,4-5H2,1H3/b3-2+. The van der Waals surface area contributed by atoms with Crippen LogP contribution in [0.4, 0.5) is 0 Å². The molecule has 4 atom stereocenters. The van der Waals surface area contributed by atoms with Crippen molar-refractivity contribution in [3.63, 3.8) is 0 Å². The minimum Gasteiger partial charge on any atom is -0.394 e. The molecule has 4 unspecified atom stereocenters. The molecule has 0 spiro atoms. The summed E-state index contributed by atoms with van der Waals surface area (Å²) < 4.78 is 0. The van der Waals surface area contributed by atoms with Gasteiger partial charge in [0.15, 0.2) is 5.78 Å². The normalized spacial score (nSPS) is 18.7. The van der Waals surface area contributed by atoms with Gasteiger partial charge in [-0.15, -0.1) is 0 Å². The third-order valence-electron chi connectivity index (χ3n) is 2.09. The molecule has 0 amide bonds. The number of nitrogens with one attached hydrogen (secondary N) is 1. The molecule has 0 aliphatic carbocycles. The second kappa shape index (κ2) is 8.15. The number of rotatable bonds is 8. The first-order chi connectivity index (χ1) is 7.90. The van der Waals surface area contributed by atoms with Gasteiger partial charge in [0, 0.05) is 12.7 Å². The van der Waals surface area contributed by atoms with Gasteiger partial charge in [-0.3, -0.25) is 4.79 Å². The first-order valence-electron chi connectivity index (χ1n) is 5.13. The lowest BCUT2D eigenvalue weighted by atomic mass is 10.0. The van der Waals surface area contributed by atoms with Gasteiger partial charge in [-0.25, -0.2) is 0 Å². The van der Waals surface area contributed by atoms with Gasteiger partial charge >= 0.3 is 0 Å². The number of allylic oxidation sites excluding steroid dienone is 1. The summed E-state index contributed by atoms with van der Waals surface area (Å²) in [5.41, 5.74) is 0. The van der Waals surface area contributed by atoms with Gasteiger partial charge in [0.25, 0.3) is 0 Å². The van der Waals surface area contributed by atoms with E-state index in [0.29, 0.717) is 0 Å². The molecule has 17 heavy (non-hydrogen) atoms. The SMILES string of the molecule is CC(=O)/C=C/NCC(O)C(O)C(O)C(O)CO. The Hall–Kier alpha value is -0.990. The van der Waals surface area contributed by atoms with Crippen LogP contribution in [0.3, 0.4) is 0 Å². The van der Waals surface area contributed by atoms with Crippen molar-refractivity contribution in [3.05, 3.63) is 12.3 Å². The van der Waals surface area contributed by atoms with Crippen LogP contribution in [0.15, 0.2) is 12.3 Å². The van der Waals surface area contributed by atoms with Crippen LogP contribution in [0.1, 0.15) is 6.92 Å². The number of carbonyl (C=O) groups is 1. The second-order valence-corrected chi connectivity index (χ2v) is 3.65. The topological polar surface area (TPSA) is 130 Å². The average molecular weight is 249 g/mol. The maximum absolute atomic E-state index is 10.5. The zero-order valence-electron chi connectivity index (χ0n) is 9.52. The molecule has 0 rings (SSSR count). The Morgan fingerprint density at radius 2 is 1.71 bits per heavy atom. The summed E-state index contributed by atoms with van der Waals surface area (Å²) >= 11 is 0. The molecule has 0 aliphatic heterocycles. The lowest BCUT2D eigenvalue weighted by Crippen LogP contribution is -2.48. The maximum atomic E-state index is 10.5. The Balaban J connectivity index is 4.04. The number of aliphatic hydroxyl groups is 5. The highest BCUT2D eigenvalue weighted by Gasteiger charge is 2.29. The molecular weight excluding hydrogens is 230 g/mol. The molecule has 0 saturated carbocycles. The fraction of sp³-hybridized carbons (Fsp3) is 0.700. The number of ketones is 1. The highest BCUT2D eigenvalue weighted by molar-refractivity contribution is 5.87. The minimum atomic E-state index is -1.64. The van der Waals surface area contributed by atoms with Crippen LogP contribution < -0.4 is 5.32 Å². The fourth-order valence-electron chi connectivity index (χ4n) is 1.05. The maximum Gasteiger partial charge on any atom is 0.154 e. The van der Waals surface area contributed by atoms with E-state index in [0.717, 1.165) is 0 Å². The molecule has 0 aliphatic rings. The fourth-order valence-corrected chi connectivity index (χ4v) is 1.05. The molecule has 6 N–H and O–H groups in total. The van der Waals surface area contributed by atoms with Gasteiger partial charge < -0.3 is 30.8 Å². The summed E-state index contributed by atoms with van der Waals surface area (Å²) in [5, 5.41) is 48.2. The van der Waals surface area contributed by atoms with Crippen molar-refractivity contribution in [2.75, 3.05) is 13.2 Å². The second-order valence-electron chi connectivity index (χ2n) is 3.65. The van der Waals surface area contributed by atoms with Gasteiger partial charge in [-0.1, -0.05) is 0 Å². The number of carbonyl (C=O) groups excluding carboxylic acids is 1. The molecule has 0 saturated heterocycles. The number of hydrogen-bond donors (Lipinski definition) is 6. The molecule has 0 aromatic heterocycles. The molecule has 0 bridgehead atoms. The summed E-state index contributed by atoms with van der Waals surface area (Å²) in [4.78, 5) is 10.5. The third kappa shape index (κ3) is 6.35. The number of aliphatic hydroxyl groups excluding tert-OH is 5. The van der Waals surface area contributed by atoms with Gasteiger partial charge in [0.2, 0.25) is 0 Å². The van der Waals surface area contributed by atoms with E-state index in [1.165, 1.54) is 19.2 Å². The predicted octanol–water partition coefficient (Wildman–Crippen LogP) is -2.89. The highest BCUT2D eigenvalue weighted by Crippen LogP contribution is 2.04. The van der Waals surface area contributed by atoms with Crippen LogP contribution in [-0.4, -0.2) is 68.9 Å². The molecule has 0 aromatic rings. The van der Waals surface area contributed by atoms with E-state index < -0.39 is 31.0 Å². The summed E-state index contributed by atoms with van der Waals surface area (Å²) in [5.74, 6) is -0.178. The van der Waals surface area contributed by atoms with Crippen LogP contribution in [0.2, 0.25) is 0 Å². The van der Waals surface area contributed by atoms with E-state index >= 15 is 0 Å². The van der Waals surface area contributed by atoms with E-state index in [2.05, 4.69) is 5.32 Å². The van der Waals surface area contributed by atoms with Crippen LogP contribution in [0.25, 0.3) is 0 Å². The van der Waals surface area contributed by atoms with Crippen molar-refractivity contribution in [2.45, 2.75) is 31.3 Å². The number of hydrogen-bond acceptors (Lipinski definition) is 7. The smallest absolute Gasteiger partial charge is 0.154 e. The van der Waals surface area contributed by atoms with E-state index in [9.17, 15) is 20.1 Å². The van der Waals surface area contributed by atoms with E-state index in [1.54, 1.807) is 0 Å². The van der Waals surface area contributed by atoms with Crippen molar-refractivity contribution in [3.8, 4) is 0 Å². The monoisotopic (exact) mass is 249 g/mol. The molecule has 7 nitrogen and oxygen atoms in total. The zero-order valence-corrected chi connectivity index (χ0v) is 9.52. The first-order valence-corrected chi connectivity index (χ1v) is 5.13. The molecule has 0 fully saturated rings. The lowest BCUT2D eigenvalue weighted by molar-refractivity contribution is -0.113. The molecule has 0 radical (unpaired) electrons. The van der Waals surface area contributed by atoms with Gasteiger partial charge in [-0.05, 0) is 13.0 Å². The van der Waals surface area contributed by atoms with Crippen LogP contribution in [-0.2, 0) is 4.79 Å². The van der Waals surface area contributed by atoms with Gasteiger partial charge in [-0.2, -0.15) is 0 Å². The van der Waals surface area contributed by atoms with Crippen LogP contribution in [0.5, 0.6) is 0 Å². The Bertz CT molecular complexity index is 257. The van der Waals surface area contributed by atoms with Gasteiger partial charge in [0.05, 0.1) is 12.7 Å². The largest absolute Gasteiger partial charge is 0.394 e. The van der Waals surface area contributed by atoms with Crippen LogP contribution >= 0.6 is 0 Å². The van der Waals surface area contributed by atoms with Crippen molar-refractivity contribution in [1.29, 1.82) is 0 Å². The predicted molar refractivity (Wildman–Crippen MR) is 58.9 cm³/mol. The summed E-state index contributed by atoms with van der Waals surface area (Å²) in [6.07, 6.45) is -3.58. The van der Waals surface area contributed by atoms with E-state index in [4.69, 9.17) is 10.2 Å². The van der Waals surface area contributed by atoms with Crippen LogP contribution in [0, 0.1) is 0 Å². The van der Waals surface area contributed by atoms with Crippen molar-refractivity contribution in [2.24, 2.45) is 0 Å². The molecular formula is C10H19NO6. The highest BCUT2D eigenvalue weighted by atomic mass is 16.4. The molecule has 0 aromatic carbocycles. The van der Waals surface area contributed by atoms with Gasteiger partial charge in [0.1, 0.15) is 18.3 Å². The lowest BCUT2D eigenvalue weighted by Gasteiger charge is -2.25. The summed E-state index contributed by atoms with van der Waals surface area (Å²) in [6, 6.07) is 0. The van der Waals surface area contributed by atoms with Crippen molar-refractivity contribution >= 4 is 5.78 Å². The quantitative estimate of drug-likeness (QED) is 0.255. The van der Waals surface area contributed by atoms with E-state index in [-0.39, 0.29) is 12.3 Å². The Kier molecular flexibility index (Phi) is 7.68. The van der Waals surface area contributed by atoms with Crippen molar-refractivity contribution in [1.82, 2.24) is 5.32 Å².